The van der Waals surface area contributed by atoms with E-state index in [-0.39, 0.29) is 25.1 Å². The summed E-state index contributed by atoms with van der Waals surface area (Å²) in [4.78, 5) is 12.8. The second-order valence-electron chi connectivity index (χ2n) is 7.09. The zero-order valence-electron chi connectivity index (χ0n) is 16.7. The maximum absolute atomic E-state index is 16.0. The highest BCUT2D eigenvalue weighted by Crippen LogP contribution is 2.32. The van der Waals surface area contributed by atoms with Crippen LogP contribution in [0.5, 0.6) is 0 Å². The van der Waals surface area contributed by atoms with E-state index in [4.69, 9.17) is 4.74 Å². The lowest BCUT2D eigenvalue weighted by molar-refractivity contribution is -0.143. The number of benzene rings is 3. The molecule has 0 aliphatic heterocycles. The Morgan fingerprint density at radius 2 is 1.43 bits per heavy atom. The lowest BCUT2D eigenvalue weighted by atomic mass is 9.87. The van der Waals surface area contributed by atoms with Crippen LogP contribution in [0.4, 0.5) is 4.39 Å². The quantitative estimate of drug-likeness (QED) is 0.497. The lowest BCUT2D eigenvalue weighted by Gasteiger charge is -2.30. The van der Waals surface area contributed by atoms with Crippen LogP contribution in [0.1, 0.15) is 23.1 Å². The third-order valence-electron chi connectivity index (χ3n) is 4.93. The third kappa shape index (κ3) is 5.53. The second kappa shape index (κ2) is 10.7. The molecule has 4 nitrogen and oxygen atoms in total. The van der Waals surface area contributed by atoms with E-state index >= 15 is 4.39 Å². The summed E-state index contributed by atoms with van der Waals surface area (Å²) in [5, 5.41) is 13.3. The van der Waals surface area contributed by atoms with Gasteiger partial charge in [0.1, 0.15) is 6.10 Å². The van der Waals surface area contributed by atoms with Gasteiger partial charge in [0.2, 0.25) is 5.67 Å². The highest BCUT2D eigenvalue weighted by atomic mass is 19.1. The Balaban J connectivity index is 1.65. The fourth-order valence-corrected chi connectivity index (χ4v) is 3.22. The smallest absolute Gasteiger partial charge is 0.265 e. The monoisotopic (exact) mass is 407 g/mol. The fourth-order valence-electron chi connectivity index (χ4n) is 3.22. The molecule has 156 valence electrons. The van der Waals surface area contributed by atoms with Crippen LogP contribution in [0, 0.1) is 0 Å². The zero-order valence-corrected chi connectivity index (χ0v) is 16.7. The van der Waals surface area contributed by atoms with E-state index in [2.05, 4.69) is 5.32 Å². The molecule has 0 saturated carbocycles. The van der Waals surface area contributed by atoms with E-state index in [0.717, 1.165) is 11.1 Å². The average Bonchev–Trinajstić information content (AvgIpc) is 2.81. The maximum Gasteiger partial charge on any atom is 0.265 e. The number of carbonyl (C=O) groups excluding carboxylic acids is 1. The SMILES string of the molecule is O=C(NCc1ccccc1)C(F)(c1ccccc1)C(O)CCOCc1ccccc1. The Kier molecular flexibility index (Phi) is 7.71. The van der Waals surface area contributed by atoms with Gasteiger partial charge in [-0.1, -0.05) is 91.0 Å². The molecular formula is C25H26FNO3. The number of rotatable bonds is 10. The number of amides is 1. The number of aliphatic hydroxyl groups is 1. The van der Waals surface area contributed by atoms with Gasteiger partial charge in [0, 0.05) is 25.1 Å². The molecule has 30 heavy (non-hydrogen) atoms. The molecule has 3 rings (SSSR count). The van der Waals surface area contributed by atoms with E-state index in [1.54, 1.807) is 18.2 Å². The Bertz CT molecular complexity index is 905. The van der Waals surface area contributed by atoms with E-state index in [0.29, 0.717) is 6.61 Å². The van der Waals surface area contributed by atoms with Crippen molar-refractivity contribution in [2.75, 3.05) is 6.61 Å². The van der Waals surface area contributed by atoms with Crippen LogP contribution in [-0.2, 0) is 28.4 Å². The summed E-state index contributed by atoms with van der Waals surface area (Å²) in [5.74, 6) is -0.867. The van der Waals surface area contributed by atoms with Crippen molar-refractivity contribution in [3.8, 4) is 0 Å². The number of ether oxygens (including phenoxy) is 1. The van der Waals surface area contributed by atoms with Crippen LogP contribution in [0.25, 0.3) is 0 Å². The van der Waals surface area contributed by atoms with Crippen LogP contribution >= 0.6 is 0 Å². The van der Waals surface area contributed by atoms with E-state index in [1.807, 2.05) is 60.7 Å². The minimum absolute atomic E-state index is 0.0169. The summed E-state index contributed by atoms with van der Waals surface area (Å²) in [7, 11) is 0. The van der Waals surface area contributed by atoms with E-state index in [9.17, 15) is 9.90 Å². The molecule has 2 atom stereocenters. The Morgan fingerprint density at radius 3 is 2.03 bits per heavy atom. The molecule has 3 aromatic carbocycles. The van der Waals surface area contributed by atoms with Crippen molar-refractivity contribution in [3.05, 3.63) is 108 Å². The van der Waals surface area contributed by atoms with Gasteiger partial charge in [-0.25, -0.2) is 4.39 Å². The molecule has 3 aromatic rings. The lowest BCUT2D eigenvalue weighted by Crippen LogP contribution is -2.49. The molecule has 2 unspecified atom stereocenters. The van der Waals surface area contributed by atoms with Crippen molar-refractivity contribution >= 4 is 5.91 Å². The van der Waals surface area contributed by atoms with Crippen molar-refractivity contribution in [1.29, 1.82) is 0 Å². The fraction of sp³-hybridized carbons (Fsp3) is 0.240. The van der Waals surface area contributed by atoms with Gasteiger partial charge in [-0.3, -0.25) is 4.79 Å². The number of hydrogen-bond acceptors (Lipinski definition) is 3. The number of hydrogen-bond donors (Lipinski definition) is 2. The van der Waals surface area contributed by atoms with Gasteiger partial charge < -0.3 is 15.2 Å². The van der Waals surface area contributed by atoms with Crippen molar-refractivity contribution in [2.45, 2.75) is 31.3 Å². The van der Waals surface area contributed by atoms with Crippen molar-refractivity contribution in [3.63, 3.8) is 0 Å². The molecule has 2 N–H and O–H groups in total. The van der Waals surface area contributed by atoms with Gasteiger partial charge in [-0.2, -0.15) is 0 Å². The summed E-state index contributed by atoms with van der Waals surface area (Å²) in [6, 6.07) is 26.9. The van der Waals surface area contributed by atoms with Crippen LogP contribution < -0.4 is 5.32 Å². The first kappa shape index (κ1) is 21.7. The third-order valence-corrected chi connectivity index (χ3v) is 4.93. The summed E-state index contributed by atoms with van der Waals surface area (Å²) in [6.07, 6.45) is -1.57. The number of nitrogens with one attached hydrogen (secondary N) is 1. The molecule has 0 aliphatic carbocycles. The zero-order chi connectivity index (χ0) is 21.2. The molecule has 1 amide bonds. The van der Waals surface area contributed by atoms with Gasteiger partial charge >= 0.3 is 0 Å². The summed E-state index contributed by atoms with van der Waals surface area (Å²) in [6.45, 7) is 0.661. The molecule has 0 aliphatic rings. The first-order valence-corrected chi connectivity index (χ1v) is 9.97. The van der Waals surface area contributed by atoms with Crippen LogP contribution in [0.15, 0.2) is 91.0 Å². The number of alkyl halides is 1. The van der Waals surface area contributed by atoms with Gasteiger partial charge in [-0.15, -0.1) is 0 Å². The van der Waals surface area contributed by atoms with Crippen molar-refractivity contribution in [1.82, 2.24) is 5.32 Å². The number of halogens is 1. The van der Waals surface area contributed by atoms with Gasteiger partial charge in [0.05, 0.1) is 6.61 Å². The molecule has 0 heterocycles. The van der Waals surface area contributed by atoms with Gasteiger partial charge in [0.25, 0.3) is 5.91 Å². The topological polar surface area (TPSA) is 58.6 Å². The molecule has 0 spiro atoms. The van der Waals surface area contributed by atoms with Crippen LogP contribution in [-0.4, -0.2) is 23.7 Å². The van der Waals surface area contributed by atoms with Crippen LogP contribution in [0.3, 0.4) is 0 Å². The highest BCUT2D eigenvalue weighted by Gasteiger charge is 2.47. The number of aliphatic hydroxyl groups excluding tert-OH is 1. The number of carbonyl (C=O) groups is 1. The predicted octanol–water partition coefficient (Wildman–Crippen LogP) is 4.14. The summed E-state index contributed by atoms with van der Waals surface area (Å²) < 4.78 is 21.6. The highest BCUT2D eigenvalue weighted by molar-refractivity contribution is 5.87. The van der Waals surface area contributed by atoms with E-state index in [1.165, 1.54) is 12.1 Å². The molecule has 0 aromatic heterocycles. The molecule has 0 radical (unpaired) electrons. The standard InChI is InChI=1S/C25H26FNO3/c26-25(22-14-8-3-9-15-22,24(29)27-18-20-10-4-1-5-11-20)23(28)16-17-30-19-21-12-6-2-7-13-21/h1-15,23,28H,16-19H2,(H,27,29). The average molecular weight is 407 g/mol. The molecule has 0 saturated heterocycles. The maximum atomic E-state index is 16.0. The van der Waals surface area contributed by atoms with Crippen molar-refractivity contribution in [2.24, 2.45) is 0 Å². The largest absolute Gasteiger partial charge is 0.389 e. The first-order chi connectivity index (χ1) is 14.6. The summed E-state index contributed by atoms with van der Waals surface area (Å²) in [5.41, 5.74) is -0.623. The van der Waals surface area contributed by atoms with Gasteiger partial charge in [0.15, 0.2) is 0 Å². The van der Waals surface area contributed by atoms with Crippen LogP contribution in [0.2, 0.25) is 0 Å². The predicted molar refractivity (Wildman–Crippen MR) is 114 cm³/mol. The van der Waals surface area contributed by atoms with E-state index < -0.39 is 17.7 Å². The van der Waals surface area contributed by atoms with Gasteiger partial charge in [-0.05, 0) is 11.1 Å². The molecule has 0 bridgehead atoms. The molecule has 5 heteroatoms. The second-order valence-corrected chi connectivity index (χ2v) is 7.09. The normalized spacial score (nSPS) is 13.9. The molecular weight excluding hydrogens is 381 g/mol. The minimum atomic E-state index is -2.58. The Labute approximate surface area is 176 Å². The summed E-state index contributed by atoms with van der Waals surface area (Å²) >= 11 is 0. The van der Waals surface area contributed by atoms with Crippen molar-refractivity contribution < 1.29 is 19.0 Å². The molecule has 0 fully saturated rings. The minimum Gasteiger partial charge on any atom is -0.389 e. The Morgan fingerprint density at radius 1 is 0.900 bits per heavy atom. The first-order valence-electron chi connectivity index (χ1n) is 9.97. The Hall–Kier alpha value is -3.02.